The minimum atomic E-state index is -0.340. The predicted molar refractivity (Wildman–Crippen MR) is 90.2 cm³/mol. The molecule has 1 saturated heterocycles. The number of benzene rings is 1. The number of carbonyl (C=O) groups excluding carboxylic acids is 1. The number of nitrogens with zero attached hydrogens (tertiary/aromatic N) is 1. The van der Waals surface area contributed by atoms with Crippen molar-refractivity contribution in [3.63, 3.8) is 0 Å². The van der Waals surface area contributed by atoms with Crippen molar-refractivity contribution in [3.8, 4) is 11.5 Å². The van der Waals surface area contributed by atoms with Crippen molar-refractivity contribution in [2.75, 3.05) is 33.0 Å². The lowest BCUT2D eigenvalue weighted by molar-refractivity contribution is -0.138. The molecule has 2 aliphatic heterocycles. The highest BCUT2D eigenvalue weighted by Gasteiger charge is 2.27. The molecule has 1 amide bonds. The number of morpholine rings is 1. The van der Waals surface area contributed by atoms with Crippen LogP contribution in [0, 0.1) is 0 Å². The Morgan fingerprint density at radius 1 is 1.33 bits per heavy atom. The molecule has 6 nitrogen and oxygen atoms in total. The maximum Gasteiger partial charge on any atom is 0.236 e. The van der Waals surface area contributed by atoms with E-state index in [1.54, 1.807) is 0 Å². The van der Waals surface area contributed by atoms with Gasteiger partial charge in [-0.1, -0.05) is 13.0 Å². The first-order valence-corrected chi connectivity index (χ1v) is 8.54. The van der Waals surface area contributed by atoms with Crippen LogP contribution in [-0.2, 0) is 15.1 Å². The van der Waals surface area contributed by atoms with Crippen molar-refractivity contribution in [1.29, 1.82) is 0 Å². The molecule has 1 atom stereocenters. The van der Waals surface area contributed by atoms with E-state index in [0.29, 0.717) is 26.2 Å². The van der Waals surface area contributed by atoms with E-state index in [9.17, 15) is 4.79 Å². The zero-order valence-electron chi connectivity index (χ0n) is 14.6. The van der Waals surface area contributed by atoms with E-state index in [1.165, 1.54) is 0 Å². The molecule has 1 N–H and O–H groups in total. The summed E-state index contributed by atoms with van der Waals surface area (Å²) in [5.41, 5.74) is 0.723. The van der Waals surface area contributed by atoms with E-state index in [4.69, 9.17) is 14.2 Å². The smallest absolute Gasteiger partial charge is 0.236 e. The zero-order valence-corrected chi connectivity index (χ0v) is 14.6. The Morgan fingerprint density at radius 2 is 2.12 bits per heavy atom. The van der Waals surface area contributed by atoms with E-state index in [2.05, 4.69) is 26.1 Å². The lowest BCUT2D eigenvalue weighted by Gasteiger charge is -2.34. The lowest BCUT2D eigenvalue weighted by atomic mass is 9.94. The number of nitrogens with one attached hydrogen (secondary N) is 1. The number of fused-ring (bicyclic) bond motifs is 1. The van der Waals surface area contributed by atoms with Gasteiger partial charge in [0.2, 0.25) is 12.7 Å². The minimum absolute atomic E-state index is 0.116. The summed E-state index contributed by atoms with van der Waals surface area (Å²) in [6, 6.07) is 5.89. The Morgan fingerprint density at radius 3 is 2.92 bits per heavy atom. The third-order valence-electron chi connectivity index (χ3n) is 4.72. The lowest BCUT2D eigenvalue weighted by Crippen LogP contribution is -2.50. The van der Waals surface area contributed by atoms with E-state index in [1.807, 2.05) is 23.1 Å². The molecule has 0 bridgehead atoms. The van der Waals surface area contributed by atoms with Crippen molar-refractivity contribution in [2.45, 2.75) is 38.8 Å². The molecule has 2 heterocycles. The Labute approximate surface area is 143 Å². The molecular weight excluding hydrogens is 308 g/mol. The number of rotatable bonds is 5. The molecule has 0 saturated carbocycles. The normalized spacial score (nSPS) is 20.3. The maximum atomic E-state index is 12.5. The zero-order chi connectivity index (χ0) is 17.2. The van der Waals surface area contributed by atoms with Crippen LogP contribution < -0.4 is 14.8 Å². The van der Waals surface area contributed by atoms with Gasteiger partial charge in [-0.25, -0.2) is 0 Å². The van der Waals surface area contributed by atoms with Crippen LogP contribution in [0.3, 0.4) is 0 Å². The Hall–Kier alpha value is -1.79. The van der Waals surface area contributed by atoms with Crippen molar-refractivity contribution < 1.29 is 19.0 Å². The number of hydrogen-bond donors (Lipinski definition) is 1. The minimum Gasteiger partial charge on any atom is -0.454 e. The van der Waals surface area contributed by atoms with Crippen LogP contribution in [0.5, 0.6) is 11.5 Å². The molecule has 2 aliphatic rings. The largest absolute Gasteiger partial charge is 0.454 e. The number of ether oxygens (including phenoxy) is 3. The van der Waals surface area contributed by atoms with Crippen molar-refractivity contribution >= 4 is 5.91 Å². The summed E-state index contributed by atoms with van der Waals surface area (Å²) in [6.07, 6.45) is 1.09. The van der Waals surface area contributed by atoms with Crippen LogP contribution in [0.25, 0.3) is 0 Å². The molecule has 0 radical (unpaired) electrons. The van der Waals surface area contributed by atoms with Crippen molar-refractivity contribution in [1.82, 2.24) is 10.2 Å². The van der Waals surface area contributed by atoms with Gasteiger partial charge in [-0.3, -0.25) is 10.1 Å². The molecule has 3 rings (SSSR count). The van der Waals surface area contributed by atoms with Crippen LogP contribution in [0.2, 0.25) is 0 Å². The van der Waals surface area contributed by atoms with Gasteiger partial charge in [0.15, 0.2) is 11.5 Å². The van der Waals surface area contributed by atoms with Gasteiger partial charge < -0.3 is 19.1 Å². The second-order valence-corrected chi connectivity index (χ2v) is 6.79. The fourth-order valence-electron chi connectivity index (χ4n) is 2.99. The second-order valence-electron chi connectivity index (χ2n) is 6.79. The summed E-state index contributed by atoms with van der Waals surface area (Å²) >= 11 is 0. The number of carbonyl (C=O) groups is 1. The average Bonchev–Trinajstić information content (AvgIpc) is 3.07. The van der Waals surface area contributed by atoms with Gasteiger partial charge in [0.05, 0.1) is 19.3 Å². The highest BCUT2D eigenvalue weighted by molar-refractivity contribution is 5.78. The molecular formula is C18H26N2O4. The standard InChI is InChI=1S/C18H26N2O4/c1-4-14-11-20(7-8-22-14)17(21)10-19-18(2,3)13-5-6-15-16(9-13)24-12-23-15/h5-6,9,14,19H,4,7-8,10-12H2,1-3H3/t14-/m0/s1. The first-order chi connectivity index (χ1) is 11.5. The average molecular weight is 334 g/mol. The predicted octanol–water partition coefficient (Wildman–Crippen LogP) is 1.88. The van der Waals surface area contributed by atoms with Gasteiger partial charge in [-0.05, 0) is 38.0 Å². The van der Waals surface area contributed by atoms with Crippen LogP contribution in [0.4, 0.5) is 0 Å². The van der Waals surface area contributed by atoms with Gasteiger partial charge in [-0.2, -0.15) is 0 Å². The maximum absolute atomic E-state index is 12.5. The first kappa shape index (κ1) is 17.0. The summed E-state index contributed by atoms with van der Waals surface area (Å²) < 4.78 is 16.4. The third-order valence-corrected chi connectivity index (χ3v) is 4.72. The highest BCUT2D eigenvalue weighted by atomic mass is 16.7. The van der Waals surface area contributed by atoms with Gasteiger partial charge in [-0.15, -0.1) is 0 Å². The Kier molecular flexibility index (Phi) is 4.96. The first-order valence-electron chi connectivity index (χ1n) is 8.54. The van der Waals surface area contributed by atoms with E-state index in [-0.39, 0.29) is 24.3 Å². The third kappa shape index (κ3) is 3.65. The molecule has 24 heavy (non-hydrogen) atoms. The summed E-state index contributed by atoms with van der Waals surface area (Å²) in [7, 11) is 0. The topological polar surface area (TPSA) is 60.0 Å². The fraction of sp³-hybridized carbons (Fsp3) is 0.611. The van der Waals surface area contributed by atoms with E-state index in [0.717, 1.165) is 23.5 Å². The molecule has 132 valence electrons. The monoisotopic (exact) mass is 334 g/mol. The van der Waals surface area contributed by atoms with Crippen LogP contribution in [-0.4, -0.2) is 49.9 Å². The fourth-order valence-corrected chi connectivity index (χ4v) is 2.99. The van der Waals surface area contributed by atoms with Crippen LogP contribution in [0.15, 0.2) is 18.2 Å². The summed E-state index contributed by atoms with van der Waals surface area (Å²) in [5.74, 6) is 1.64. The highest BCUT2D eigenvalue weighted by Crippen LogP contribution is 2.35. The van der Waals surface area contributed by atoms with Crippen LogP contribution >= 0.6 is 0 Å². The van der Waals surface area contributed by atoms with Crippen LogP contribution in [0.1, 0.15) is 32.8 Å². The second kappa shape index (κ2) is 6.99. The van der Waals surface area contributed by atoms with E-state index < -0.39 is 0 Å². The molecule has 0 spiro atoms. The molecule has 0 aliphatic carbocycles. The summed E-state index contributed by atoms with van der Waals surface area (Å²) in [5, 5.41) is 3.37. The Bertz CT molecular complexity index is 603. The van der Waals surface area contributed by atoms with Gasteiger partial charge in [0.1, 0.15) is 0 Å². The SMILES string of the molecule is CC[C@H]1CN(C(=O)CNC(C)(C)c2ccc3c(c2)OCO3)CCO1. The van der Waals surface area contributed by atoms with E-state index >= 15 is 0 Å². The molecule has 0 aromatic heterocycles. The van der Waals surface area contributed by atoms with Gasteiger partial charge >= 0.3 is 0 Å². The van der Waals surface area contributed by atoms with Gasteiger partial charge in [0, 0.05) is 18.6 Å². The molecule has 0 unspecified atom stereocenters. The molecule has 1 fully saturated rings. The molecule has 6 heteroatoms. The molecule has 1 aromatic carbocycles. The molecule has 1 aromatic rings. The van der Waals surface area contributed by atoms with Crippen molar-refractivity contribution in [2.24, 2.45) is 0 Å². The summed E-state index contributed by atoms with van der Waals surface area (Å²) in [4.78, 5) is 14.4. The Balaban J connectivity index is 1.59. The summed E-state index contributed by atoms with van der Waals surface area (Å²) in [6.45, 7) is 8.74. The van der Waals surface area contributed by atoms with Crippen molar-refractivity contribution in [3.05, 3.63) is 23.8 Å². The number of amides is 1. The quantitative estimate of drug-likeness (QED) is 0.891. The number of hydrogen-bond acceptors (Lipinski definition) is 5. The van der Waals surface area contributed by atoms with Gasteiger partial charge in [0.25, 0.3) is 0 Å².